The van der Waals surface area contributed by atoms with E-state index in [4.69, 9.17) is 17.3 Å². The van der Waals surface area contributed by atoms with Crippen LogP contribution in [-0.4, -0.2) is 20.7 Å². The average molecular weight is 389 g/mol. The number of carbonyl (C=O) groups excluding carboxylic acids is 1. The van der Waals surface area contributed by atoms with Crippen molar-refractivity contribution in [3.05, 3.63) is 58.5 Å². The molecule has 0 aliphatic heterocycles. The summed E-state index contributed by atoms with van der Waals surface area (Å²) < 4.78 is 14.6. The number of amides is 1. The number of nitrogens with two attached hydrogens (primary N) is 1. The molecule has 2 aromatic heterocycles. The minimum absolute atomic E-state index is 0.177. The van der Waals surface area contributed by atoms with Crippen molar-refractivity contribution in [3.8, 4) is 0 Å². The number of nitrogens with one attached hydrogen (secondary N) is 2. The maximum absolute atomic E-state index is 12.9. The first-order valence-corrected chi connectivity index (χ1v) is 8.43. The van der Waals surface area contributed by atoms with Crippen LogP contribution in [0.4, 0.5) is 27.3 Å². The smallest absolute Gasteiger partial charge is 0.250 e. The second-order valence-electron chi connectivity index (χ2n) is 5.98. The predicted molar refractivity (Wildman–Crippen MR) is 104 cm³/mol. The Bertz CT molecular complexity index is 1000. The molecule has 7 nitrogen and oxygen atoms in total. The summed E-state index contributed by atoms with van der Waals surface area (Å²) >= 11 is 6.23. The molecule has 140 valence electrons. The predicted octanol–water partition coefficient (Wildman–Crippen LogP) is 3.83. The van der Waals surface area contributed by atoms with Crippen molar-refractivity contribution in [2.24, 2.45) is 12.8 Å². The van der Waals surface area contributed by atoms with Crippen molar-refractivity contribution in [2.75, 3.05) is 10.6 Å². The molecule has 0 bridgehead atoms. The summed E-state index contributed by atoms with van der Waals surface area (Å²) in [7, 11) is 1.83. The highest BCUT2D eigenvalue weighted by atomic mass is 35.5. The van der Waals surface area contributed by atoms with Gasteiger partial charge in [0.25, 0.3) is 5.91 Å². The number of rotatable bonds is 6. The number of aromatic nitrogens is 3. The van der Waals surface area contributed by atoms with Crippen LogP contribution in [0.1, 0.15) is 21.6 Å². The summed E-state index contributed by atoms with van der Waals surface area (Å²) in [6.07, 6.45) is 3.32. The highest BCUT2D eigenvalue weighted by molar-refractivity contribution is 6.33. The zero-order valence-electron chi connectivity index (χ0n) is 14.8. The molecule has 0 unspecified atom stereocenters. The monoisotopic (exact) mass is 388 g/mol. The first-order chi connectivity index (χ1) is 12.9. The molecule has 0 fully saturated rings. The summed E-state index contributed by atoms with van der Waals surface area (Å²) in [5.41, 5.74) is 8.53. The Morgan fingerprint density at radius 2 is 2.04 bits per heavy atom. The van der Waals surface area contributed by atoms with Crippen LogP contribution in [0.5, 0.6) is 0 Å². The molecule has 0 saturated heterocycles. The number of carbonyl (C=O) groups is 1. The van der Waals surface area contributed by atoms with E-state index >= 15 is 0 Å². The lowest BCUT2D eigenvalue weighted by Gasteiger charge is -2.14. The van der Waals surface area contributed by atoms with Gasteiger partial charge in [-0.05, 0) is 24.6 Å². The third-order valence-corrected chi connectivity index (χ3v) is 4.21. The van der Waals surface area contributed by atoms with Crippen LogP contribution >= 0.6 is 11.6 Å². The molecule has 0 saturated carbocycles. The van der Waals surface area contributed by atoms with Gasteiger partial charge in [-0.25, -0.2) is 9.37 Å². The van der Waals surface area contributed by atoms with Gasteiger partial charge >= 0.3 is 0 Å². The van der Waals surface area contributed by atoms with Crippen LogP contribution in [0, 0.1) is 6.92 Å². The summed E-state index contributed by atoms with van der Waals surface area (Å²) in [5, 5.41) is 10.9. The molecular formula is C18H18ClFN6O. The highest BCUT2D eigenvalue weighted by Gasteiger charge is 2.13. The number of nitrogens with zero attached hydrogens (tertiary/aromatic N) is 3. The van der Waals surface area contributed by atoms with Gasteiger partial charge in [0, 0.05) is 19.3 Å². The first kappa shape index (κ1) is 18.7. The Balaban J connectivity index is 1.91. The normalized spacial score (nSPS) is 10.7. The lowest BCUT2D eigenvalue weighted by molar-refractivity contribution is 0.100. The van der Waals surface area contributed by atoms with E-state index in [0.29, 0.717) is 27.8 Å². The second-order valence-corrected chi connectivity index (χ2v) is 6.39. The molecule has 2 heterocycles. The standard InChI is InChI=1S/C18H18ClFN6O/c1-10-16(9-26(2)25-10)24-17-6-15(13(19)8-22-17)23-14-4-3-11(7-20)5-12(14)18(21)27/h3-6,8-9H,7H2,1-2H3,(H2,21,27)(H2,22,23,24). The number of halogens is 2. The molecule has 0 spiro atoms. The third kappa shape index (κ3) is 4.17. The Labute approximate surface area is 160 Å². The third-order valence-electron chi connectivity index (χ3n) is 3.90. The van der Waals surface area contributed by atoms with E-state index in [1.807, 2.05) is 20.2 Å². The van der Waals surface area contributed by atoms with Crippen molar-refractivity contribution >= 4 is 40.4 Å². The van der Waals surface area contributed by atoms with Crippen LogP contribution in [0.15, 0.2) is 36.7 Å². The molecule has 0 aliphatic carbocycles. The number of hydrogen-bond donors (Lipinski definition) is 3. The van der Waals surface area contributed by atoms with E-state index in [1.54, 1.807) is 22.9 Å². The molecule has 3 aromatic rings. The van der Waals surface area contributed by atoms with Gasteiger partial charge < -0.3 is 16.4 Å². The lowest BCUT2D eigenvalue weighted by atomic mass is 10.1. The fourth-order valence-electron chi connectivity index (χ4n) is 2.60. The van der Waals surface area contributed by atoms with E-state index in [1.165, 1.54) is 12.3 Å². The van der Waals surface area contributed by atoms with Gasteiger partial charge in [0.2, 0.25) is 0 Å². The van der Waals surface area contributed by atoms with Gasteiger partial charge in [0.05, 0.1) is 39.5 Å². The topological polar surface area (TPSA) is 97.9 Å². The molecule has 27 heavy (non-hydrogen) atoms. The van der Waals surface area contributed by atoms with E-state index < -0.39 is 12.6 Å². The number of alkyl halides is 1. The Hall–Kier alpha value is -3.13. The second kappa shape index (κ2) is 7.63. The van der Waals surface area contributed by atoms with Crippen molar-refractivity contribution in [2.45, 2.75) is 13.6 Å². The van der Waals surface area contributed by atoms with E-state index in [2.05, 4.69) is 20.7 Å². The molecule has 1 amide bonds. The van der Waals surface area contributed by atoms with Gasteiger partial charge in [-0.15, -0.1) is 0 Å². The maximum Gasteiger partial charge on any atom is 0.250 e. The van der Waals surface area contributed by atoms with Crippen LogP contribution in [0.3, 0.4) is 0 Å². The van der Waals surface area contributed by atoms with E-state index in [0.717, 1.165) is 11.4 Å². The van der Waals surface area contributed by atoms with Crippen LogP contribution in [-0.2, 0) is 13.7 Å². The average Bonchev–Trinajstić information content (AvgIpc) is 2.95. The molecular weight excluding hydrogens is 371 g/mol. The number of anilines is 4. The van der Waals surface area contributed by atoms with Crippen LogP contribution in [0.2, 0.25) is 5.02 Å². The Morgan fingerprint density at radius 3 is 2.67 bits per heavy atom. The highest BCUT2D eigenvalue weighted by Crippen LogP contribution is 2.30. The molecule has 0 atom stereocenters. The molecule has 9 heteroatoms. The Kier molecular flexibility index (Phi) is 5.27. The maximum atomic E-state index is 12.9. The van der Waals surface area contributed by atoms with E-state index in [-0.39, 0.29) is 5.56 Å². The molecule has 0 radical (unpaired) electrons. The fourth-order valence-corrected chi connectivity index (χ4v) is 2.75. The summed E-state index contributed by atoms with van der Waals surface area (Å²) in [4.78, 5) is 16.0. The van der Waals surface area contributed by atoms with Crippen molar-refractivity contribution in [1.82, 2.24) is 14.8 Å². The summed E-state index contributed by atoms with van der Waals surface area (Å²) in [6, 6.07) is 6.27. The number of pyridine rings is 1. The Morgan fingerprint density at radius 1 is 1.26 bits per heavy atom. The molecule has 3 rings (SSSR count). The first-order valence-electron chi connectivity index (χ1n) is 8.06. The van der Waals surface area contributed by atoms with Gasteiger partial charge in [-0.1, -0.05) is 17.7 Å². The summed E-state index contributed by atoms with van der Waals surface area (Å²) in [5.74, 6) is -0.124. The number of hydrogen-bond acceptors (Lipinski definition) is 5. The van der Waals surface area contributed by atoms with Crippen molar-refractivity contribution in [3.63, 3.8) is 0 Å². The molecule has 4 N–H and O–H groups in total. The zero-order valence-corrected chi connectivity index (χ0v) is 15.5. The number of benzene rings is 1. The molecule has 0 aliphatic rings. The minimum atomic E-state index is -0.685. The quantitative estimate of drug-likeness (QED) is 0.596. The van der Waals surface area contributed by atoms with Gasteiger partial charge in [0.15, 0.2) is 0 Å². The SMILES string of the molecule is Cc1nn(C)cc1Nc1cc(Nc2ccc(CF)cc2C(N)=O)c(Cl)cn1. The number of primary amides is 1. The van der Waals surface area contributed by atoms with Crippen molar-refractivity contribution < 1.29 is 9.18 Å². The largest absolute Gasteiger partial charge is 0.366 e. The molecule has 1 aromatic carbocycles. The van der Waals surface area contributed by atoms with E-state index in [9.17, 15) is 9.18 Å². The zero-order chi connectivity index (χ0) is 19.6. The lowest BCUT2D eigenvalue weighted by Crippen LogP contribution is -2.14. The minimum Gasteiger partial charge on any atom is -0.366 e. The van der Waals surface area contributed by atoms with Gasteiger partial charge in [0.1, 0.15) is 12.5 Å². The fraction of sp³-hybridized carbons (Fsp3) is 0.167. The number of aryl methyl sites for hydroxylation is 2. The van der Waals surface area contributed by atoms with Crippen LogP contribution in [0.25, 0.3) is 0 Å². The van der Waals surface area contributed by atoms with Gasteiger partial charge in [-0.3, -0.25) is 9.48 Å². The summed E-state index contributed by atoms with van der Waals surface area (Å²) in [6.45, 7) is 1.19. The van der Waals surface area contributed by atoms with Crippen molar-refractivity contribution in [1.29, 1.82) is 0 Å². The van der Waals surface area contributed by atoms with Crippen LogP contribution < -0.4 is 16.4 Å². The van der Waals surface area contributed by atoms with Gasteiger partial charge in [-0.2, -0.15) is 5.10 Å².